The van der Waals surface area contributed by atoms with Crippen LogP contribution in [-0.2, 0) is 6.54 Å². The first kappa shape index (κ1) is 10.3. The summed E-state index contributed by atoms with van der Waals surface area (Å²) in [5, 5.41) is 3.25. The van der Waals surface area contributed by atoms with E-state index in [-0.39, 0.29) is 0 Å². The molecular weight excluding hydrogens is 230 g/mol. The van der Waals surface area contributed by atoms with Gasteiger partial charge < -0.3 is 4.57 Å². The number of carbonyl (C=O) groups is 1. The van der Waals surface area contributed by atoms with E-state index >= 15 is 0 Å². The molecule has 2 heterocycles. The van der Waals surface area contributed by atoms with Gasteiger partial charge in [-0.2, -0.15) is 0 Å². The Hall–Kier alpha value is -1.87. The highest BCUT2D eigenvalue weighted by molar-refractivity contribution is 7.09. The Balaban J connectivity index is 2.07. The second-order valence-corrected chi connectivity index (χ2v) is 4.99. The summed E-state index contributed by atoms with van der Waals surface area (Å²) >= 11 is 1.75. The standard InChI is InChI=1S/C14H11NOS/c16-10-11-3-4-12-5-6-15(14(12)8-11)9-13-2-1-7-17-13/h1-8,10H,9H2. The largest absolute Gasteiger partial charge is 0.342 e. The van der Waals surface area contributed by atoms with Gasteiger partial charge in [-0.05, 0) is 29.0 Å². The number of rotatable bonds is 3. The molecule has 0 unspecified atom stereocenters. The zero-order chi connectivity index (χ0) is 11.7. The molecule has 84 valence electrons. The van der Waals surface area contributed by atoms with Gasteiger partial charge in [0.15, 0.2) is 0 Å². The summed E-state index contributed by atoms with van der Waals surface area (Å²) in [6.45, 7) is 0.865. The van der Waals surface area contributed by atoms with Gasteiger partial charge in [-0.15, -0.1) is 11.3 Å². The Morgan fingerprint density at radius 3 is 2.94 bits per heavy atom. The molecule has 3 heteroatoms. The maximum Gasteiger partial charge on any atom is 0.150 e. The molecule has 0 bridgehead atoms. The van der Waals surface area contributed by atoms with Gasteiger partial charge in [0.05, 0.1) is 6.54 Å². The van der Waals surface area contributed by atoms with Crippen LogP contribution in [0.15, 0.2) is 48.0 Å². The molecule has 1 aromatic carbocycles. The molecule has 0 saturated heterocycles. The highest BCUT2D eigenvalue weighted by atomic mass is 32.1. The lowest BCUT2D eigenvalue weighted by Crippen LogP contribution is -1.95. The SMILES string of the molecule is O=Cc1ccc2ccn(Cc3cccs3)c2c1. The fourth-order valence-electron chi connectivity index (χ4n) is 1.98. The molecule has 0 atom stereocenters. The fraction of sp³-hybridized carbons (Fsp3) is 0.0714. The number of carbonyl (C=O) groups excluding carboxylic acids is 1. The van der Waals surface area contributed by atoms with Crippen molar-refractivity contribution in [1.29, 1.82) is 0 Å². The van der Waals surface area contributed by atoms with Crippen LogP contribution in [0.4, 0.5) is 0 Å². The zero-order valence-electron chi connectivity index (χ0n) is 9.17. The quantitative estimate of drug-likeness (QED) is 0.643. The van der Waals surface area contributed by atoms with Crippen molar-refractivity contribution in [2.45, 2.75) is 6.54 Å². The average Bonchev–Trinajstić information content (AvgIpc) is 2.99. The molecule has 17 heavy (non-hydrogen) atoms. The summed E-state index contributed by atoms with van der Waals surface area (Å²) in [6.07, 6.45) is 2.96. The van der Waals surface area contributed by atoms with Crippen LogP contribution >= 0.6 is 11.3 Å². The third-order valence-electron chi connectivity index (χ3n) is 2.84. The molecule has 0 radical (unpaired) electrons. The minimum atomic E-state index is 0.726. The molecule has 2 nitrogen and oxygen atoms in total. The van der Waals surface area contributed by atoms with Gasteiger partial charge in [0.25, 0.3) is 0 Å². The maximum absolute atomic E-state index is 10.8. The Kier molecular flexibility index (Phi) is 2.53. The van der Waals surface area contributed by atoms with Crippen LogP contribution in [0.25, 0.3) is 10.9 Å². The third kappa shape index (κ3) is 1.89. The van der Waals surface area contributed by atoms with E-state index in [1.165, 1.54) is 10.3 Å². The predicted octanol–water partition coefficient (Wildman–Crippen LogP) is 3.56. The smallest absolute Gasteiger partial charge is 0.150 e. The molecule has 0 saturated carbocycles. The average molecular weight is 241 g/mol. The predicted molar refractivity (Wildman–Crippen MR) is 70.7 cm³/mol. The lowest BCUT2D eigenvalue weighted by Gasteiger charge is -2.03. The Morgan fingerprint density at radius 1 is 1.24 bits per heavy atom. The normalized spacial score (nSPS) is 10.8. The highest BCUT2D eigenvalue weighted by Crippen LogP contribution is 2.19. The van der Waals surface area contributed by atoms with E-state index in [1.54, 1.807) is 11.3 Å². The van der Waals surface area contributed by atoms with Crippen LogP contribution < -0.4 is 0 Å². The van der Waals surface area contributed by atoms with Crippen molar-refractivity contribution in [2.75, 3.05) is 0 Å². The summed E-state index contributed by atoms with van der Waals surface area (Å²) < 4.78 is 2.17. The third-order valence-corrected chi connectivity index (χ3v) is 3.70. The van der Waals surface area contributed by atoms with Gasteiger partial charge in [0.1, 0.15) is 6.29 Å². The highest BCUT2D eigenvalue weighted by Gasteiger charge is 2.03. The second-order valence-electron chi connectivity index (χ2n) is 3.96. The van der Waals surface area contributed by atoms with Crippen molar-refractivity contribution in [2.24, 2.45) is 0 Å². The molecule has 0 aliphatic carbocycles. The molecular formula is C14H11NOS. The first-order valence-corrected chi connectivity index (χ1v) is 6.31. The topological polar surface area (TPSA) is 22.0 Å². The molecule has 3 rings (SSSR count). The van der Waals surface area contributed by atoms with Gasteiger partial charge in [-0.25, -0.2) is 0 Å². The van der Waals surface area contributed by atoms with Gasteiger partial charge in [-0.1, -0.05) is 18.2 Å². The minimum absolute atomic E-state index is 0.726. The number of aldehydes is 1. The molecule has 3 aromatic rings. The van der Waals surface area contributed by atoms with Crippen LogP contribution in [0.3, 0.4) is 0 Å². The molecule has 2 aromatic heterocycles. The summed E-state index contributed by atoms with van der Waals surface area (Å²) in [6, 6.07) is 12.0. The zero-order valence-corrected chi connectivity index (χ0v) is 9.98. The van der Waals surface area contributed by atoms with Gasteiger partial charge in [-0.3, -0.25) is 4.79 Å². The van der Waals surface area contributed by atoms with Crippen LogP contribution in [0.5, 0.6) is 0 Å². The second kappa shape index (κ2) is 4.18. The van der Waals surface area contributed by atoms with Crippen molar-refractivity contribution in [3.63, 3.8) is 0 Å². The van der Waals surface area contributed by atoms with Crippen molar-refractivity contribution in [3.05, 3.63) is 58.4 Å². The van der Waals surface area contributed by atoms with E-state index in [4.69, 9.17) is 0 Å². The minimum Gasteiger partial charge on any atom is -0.342 e. The first-order chi connectivity index (χ1) is 8.36. The van der Waals surface area contributed by atoms with Gasteiger partial charge >= 0.3 is 0 Å². The first-order valence-electron chi connectivity index (χ1n) is 5.43. The maximum atomic E-state index is 10.8. The molecule has 0 N–H and O–H groups in total. The summed E-state index contributed by atoms with van der Waals surface area (Å²) in [5.41, 5.74) is 1.84. The molecule has 0 aliphatic rings. The molecule has 0 amide bonds. The van der Waals surface area contributed by atoms with Gasteiger partial charge in [0.2, 0.25) is 0 Å². The lowest BCUT2D eigenvalue weighted by molar-refractivity contribution is 0.112. The molecule has 0 aliphatic heterocycles. The van der Waals surface area contributed by atoms with Crippen molar-refractivity contribution < 1.29 is 4.79 Å². The molecule has 0 spiro atoms. The van der Waals surface area contributed by atoms with E-state index in [9.17, 15) is 4.79 Å². The number of hydrogen-bond acceptors (Lipinski definition) is 2. The lowest BCUT2D eigenvalue weighted by atomic mass is 10.2. The number of thiophene rings is 1. The van der Waals surface area contributed by atoms with Crippen molar-refractivity contribution >= 4 is 28.5 Å². The van der Waals surface area contributed by atoms with E-state index in [0.29, 0.717) is 0 Å². The van der Waals surface area contributed by atoms with Gasteiger partial charge in [0, 0.05) is 22.2 Å². The monoisotopic (exact) mass is 241 g/mol. The van der Waals surface area contributed by atoms with E-state index in [0.717, 1.165) is 23.9 Å². The number of fused-ring (bicyclic) bond motifs is 1. The van der Waals surface area contributed by atoms with Crippen molar-refractivity contribution in [1.82, 2.24) is 4.57 Å². The van der Waals surface area contributed by atoms with Crippen LogP contribution in [0.1, 0.15) is 15.2 Å². The van der Waals surface area contributed by atoms with Crippen LogP contribution in [0, 0.1) is 0 Å². The van der Waals surface area contributed by atoms with Crippen LogP contribution in [-0.4, -0.2) is 10.9 Å². The Labute approximate surface area is 103 Å². The summed E-state index contributed by atoms with van der Waals surface area (Å²) in [4.78, 5) is 12.1. The number of nitrogens with zero attached hydrogens (tertiary/aromatic N) is 1. The Morgan fingerprint density at radius 2 is 2.18 bits per heavy atom. The number of hydrogen-bond donors (Lipinski definition) is 0. The number of benzene rings is 1. The summed E-state index contributed by atoms with van der Waals surface area (Å²) in [7, 11) is 0. The summed E-state index contributed by atoms with van der Waals surface area (Å²) in [5.74, 6) is 0. The number of aromatic nitrogens is 1. The van der Waals surface area contributed by atoms with E-state index in [2.05, 4.69) is 34.3 Å². The van der Waals surface area contributed by atoms with E-state index < -0.39 is 0 Å². The Bertz CT molecular complexity index is 652. The van der Waals surface area contributed by atoms with Crippen LogP contribution in [0.2, 0.25) is 0 Å². The van der Waals surface area contributed by atoms with Crippen molar-refractivity contribution in [3.8, 4) is 0 Å². The van der Waals surface area contributed by atoms with E-state index in [1.807, 2.05) is 18.2 Å². The fourth-order valence-corrected chi connectivity index (χ4v) is 2.69. The molecule has 0 fully saturated rings.